The van der Waals surface area contributed by atoms with Crippen LogP contribution >= 0.6 is 0 Å². The van der Waals surface area contributed by atoms with Gasteiger partial charge in [0.05, 0.1) is 11.2 Å². The number of aryl methyl sites for hydroxylation is 2. The van der Waals surface area contributed by atoms with Crippen molar-refractivity contribution < 1.29 is 4.74 Å². The van der Waals surface area contributed by atoms with Gasteiger partial charge in [-0.3, -0.25) is 4.40 Å². The Morgan fingerprint density at radius 2 is 1.40 bits per heavy atom. The zero-order chi connectivity index (χ0) is 36.0. The number of imidazole rings is 1. The van der Waals surface area contributed by atoms with Gasteiger partial charge in [-0.05, 0) is 89.4 Å². The molecule has 0 amide bonds. The van der Waals surface area contributed by atoms with E-state index in [0.717, 1.165) is 45.3 Å². The van der Waals surface area contributed by atoms with Crippen LogP contribution in [0.4, 0.5) is 22.9 Å². The van der Waals surface area contributed by atoms with Crippen LogP contribution in [0.25, 0.3) is 38.4 Å². The van der Waals surface area contributed by atoms with E-state index in [1.165, 1.54) is 55.4 Å². The largest absolute Gasteiger partial charge is 0.457 e. The second kappa shape index (κ2) is 10.3. The number of hydrogen-bond acceptors (Lipinski definition) is 5. The molecule has 3 aromatic heterocycles. The standard InChI is InChI=1S/C46H38BN5O/c1-27-12-9-13-28(2)41(27)51-38-18-11-23-48-44(38)52-39-25-30(20-22-33(39)32-14-7-8-17-37(32)47(51)52)53-29-19-21-31-34-15-10-16-36-42(34)50-40(46(5,6)45(36,3)4)26-49-43(50)35(31)24-29/h7-26H,1-6H3. The van der Waals surface area contributed by atoms with Gasteiger partial charge in [0.25, 0.3) is 0 Å². The highest BCUT2D eigenvalue weighted by molar-refractivity contribution is 6.86. The Hall–Kier alpha value is -6.08. The molecule has 0 unspecified atom stereocenters. The summed E-state index contributed by atoms with van der Waals surface area (Å²) in [6, 6.07) is 39.3. The third kappa shape index (κ3) is 3.84. The van der Waals surface area contributed by atoms with E-state index in [0.29, 0.717) is 0 Å². The Morgan fingerprint density at radius 3 is 2.25 bits per heavy atom. The minimum atomic E-state index is -0.106. The average Bonchev–Trinajstić information content (AvgIpc) is 3.76. The molecule has 0 saturated heterocycles. The van der Waals surface area contributed by atoms with Crippen molar-refractivity contribution >= 4 is 62.6 Å². The topological polar surface area (TPSA) is 45.9 Å². The minimum Gasteiger partial charge on any atom is -0.457 e. The Morgan fingerprint density at radius 1 is 0.623 bits per heavy atom. The highest BCUT2D eigenvalue weighted by Gasteiger charge is 2.50. The molecule has 3 aliphatic heterocycles. The number of anilines is 4. The SMILES string of the molecule is Cc1cccc(C)c1N1B2c3ccccc3-c3ccc(Oc4ccc5c(c4)c4ncc6n4c4c(cccc54)C(C)(C)C6(C)C)cc3N2c2ncccc21. The van der Waals surface area contributed by atoms with Crippen LogP contribution in [0.5, 0.6) is 11.5 Å². The first-order valence-electron chi connectivity index (χ1n) is 18.5. The highest BCUT2D eigenvalue weighted by Crippen LogP contribution is 2.53. The van der Waals surface area contributed by atoms with E-state index in [2.05, 4.69) is 165 Å². The molecule has 3 aliphatic rings. The van der Waals surface area contributed by atoms with E-state index in [1.54, 1.807) is 0 Å². The lowest BCUT2D eigenvalue weighted by atomic mass is 9.59. The van der Waals surface area contributed by atoms with Crippen LogP contribution in [0.15, 0.2) is 122 Å². The van der Waals surface area contributed by atoms with Crippen molar-refractivity contribution in [2.45, 2.75) is 52.4 Å². The summed E-state index contributed by atoms with van der Waals surface area (Å²) in [6.45, 7) is 13.7. The van der Waals surface area contributed by atoms with Crippen molar-refractivity contribution in [3.63, 3.8) is 0 Å². The minimum absolute atomic E-state index is 0.0562. The van der Waals surface area contributed by atoms with Crippen LogP contribution in [-0.2, 0) is 10.8 Å². The van der Waals surface area contributed by atoms with Gasteiger partial charge >= 0.3 is 6.98 Å². The molecule has 6 nitrogen and oxygen atoms in total. The van der Waals surface area contributed by atoms with Crippen molar-refractivity contribution in [3.05, 3.63) is 144 Å². The van der Waals surface area contributed by atoms with Gasteiger partial charge in [-0.1, -0.05) is 88.4 Å². The Bertz CT molecular complexity index is 2870. The van der Waals surface area contributed by atoms with Crippen molar-refractivity contribution in [2.75, 3.05) is 9.62 Å². The summed E-state index contributed by atoms with van der Waals surface area (Å²) in [4.78, 5) is 15.0. The first-order chi connectivity index (χ1) is 25.6. The van der Waals surface area contributed by atoms with Crippen molar-refractivity contribution in [1.82, 2.24) is 14.4 Å². The van der Waals surface area contributed by atoms with E-state index in [4.69, 9.17) is 14.7 Å². The fourth-order valence-electron chi connectivity index (χ4n) is 9.56. The first kappa shape index (κ1) is 30.5. The predicted molar refractivity (Wildman–Crippen MR) is 218 cm³/mol. The number of pyridine rings is 2. The fraction of sp³-hybridized carbons (Fsp3) is 0.174. The molecule has 6 heterocycles. The number of rotatable bonds is 3. The maximum Gasteiger partial charge on any atom is 0.422 e. The predicted octanol–water partition coefficient (Wildman–Crippen LogP) is 10.7. The second-order valence-electron chi connectivity index (χ2n) is 16.0. The lowest BCUT2D eigenvalue weighted by molar-refractivity contribution is 0.288. The summed E-state index contributed by atoms with van der Waals surface area (Å²) in [5, 5.41) is 3.51. The fourth-order valence-corrected chi connectivity index (χ4v) is 9.56. The summed E-state index contributed by atoms with van der Waals surface area (Å²) in [5.41, 5.74) is 14.2. The zero-order valence-corrected chi connectivity index (χ0v) is 30.8. The van der Waals surface area contributed by atoms with Crippen molar-refractivity contribution in [1.29, 1.82) is 0 Å². The number of ether oxygens (including phenoxy) is 1. The monoisotopic (exact) mass is 687 g/mol. The van der Waals surface area contributed by atoms with Crippen molar-refractivity contribution in [3.8, 4) is 22.6 Å². The quantitative estimate of drug-likeness (QED) is 0.137. The molecular weight excluding hydrogens is 649 g/mol. The maximum atomic E-state index is 6.81. The normalized spacial score (nSPS) is 15.9. The molecule has 53 heavy (non-hydrogen) atoms. The molecule has 11 rings (SSSR count). The maximum absolute atomic E-state index is 6.81. The average molecular weight is 688 g/mol. The van der Waals surface area contributed by atoms with E-state index in [-0.39, 0.29) is 17.8 Å². The van der Waals surface area contributed by atoms with E-state index >= 15 is 0 Å². The van der Waals surface area contributed by atoms with Crippen LogP contribution < -0.4 is 19.8 Å². The third-order valence-electron chi connectivity index (χ3n) is 12.8. The van der Waals surface area contributed by atoms with E-state index in [1.807, 2.05) is 12.3 Å². The third-order valence-corrected chi connectivity index (χ3v) is 12.8. The molecule has 0 radical (unpaired) electrons. The number of benzene rings is 5. The van der Waals surface area contributed by atoms with Gasteiger partial charge in [0.1, 0.15) is 23.0 Å². The molecule has 0 atom stereocenters. The molecule has 8 aromatic rings. The molecule has 0 aliphatic carbocycles. The molecule has 0 N–H and O–H groups in total. The number of nitrogens with zero attached hydrogens (tertiary/aromatic N) is 5. The van der Waals surface area contributed by atoms with Gasteiger partial charge in [0, 0.05) is 62.7 Å². The van der Waals surface area contributed by atoms with E-state index < -0.39 is 0 Å². The smallest absolute Gasteiger partial charge is 0.422 e. The molecule has 0 fully saturated rings. The summed E-state index contributed by atoms with van der Waals surface area (Å²) >= 11 is 0. The summed E-state index contributed by atoms with van der Waals surface area (Å²) in [7, 11) is 0. The molecule has 0 saturated carbocycles. The first-order valence-corrected chi connectivity index (χ1v) is 18.5. The zero-order valence-electron chi connectivity index (χ0n) is 30.8. The molecule has 7 heteroatoms. The van der Waals surface area contributed by atoms with Gasteiger partial charge in [-0.15, -0.1) is 0 Å². The number of aromatic nitrogens is 3. The molecule has 5 aromatic carbocycles. The highest BCUT2D eigenvalue weighted by atomic mass is 16.5. The summed E-state index contributed by atoms with van der Waals surface area (Å²) < 4.78 is 9.21. The Kier molecular flexibility index (Phi) is 5.93. The van der Waals surface area contributed by atoms with Gasteiger partial charge in [0.2, 0.25) is 0 Å². The Balaban J connectivity index is 1.07. The lowest BCUT2D eigenvalue weighted by Gasteiger charge is -2.45. The lowest BCUT2D eigenvalue weighted by Crippen LogP contribution is -2.56. The number of fused-ring (bicyclic) bond motifs is 11. The van der Waals surface area contributed by atoms with E-state index in [9.17, 15) is 0 Å². The van der Waals surface area contributed by atoms with Gasteiger partial charge in [0.15, 0.2) is 0 Å². The van der Waals surface area contributed by atoms with Gasteiger partial charge < -0.3 is 14.4 Å². The molecule has 0 spiro atoms. The number of para-hydroxylation sites is 2. The van der Waals surface area contributed by atoms with Crippen LogP contribution in [0.3, 0.4) is 0 Å². The van der Waals surface area contributed by atoms with Gasteiger partial charge in [-0.2, -0.15) is 0 Å². The molecule has 0 bridgehead atoms. The number of hydrogen-bond donors (Lipinski definition) is 0. The van der Waals surface area contributed by atoms with Crippen LogP contribution in [-0.4, -0.2) is 21.4 Å². The van der Waals surface area contributed by atoms with Gasteiger partial charge in [-0.25, -0.2) is 9.97 Å². The Labute approximate surface area is 309 Å². The van der Waals surface area contributed by atoms with Crippen LogP contribution in [0, 0.1) is 13.8 Å². The van der Waals surface area contributed by atoms with Crippen LogP contribution in [0.2, 0.25) is 0 Å². The van der Waals surface area contributed by atoms with Crippen LogP contribution in [0.1, 0.15) is 50.1 Å². The summed E-state index contributed by atoms with van der Waals surface area (Å²) in [6.07, 6.45) is 3.98. The molecular formula is C46H38BN5O. The van der Waals surface area contributed by atoms with Crippen molar-refractivity contribution in [2.24, 2.45) is 0 Å². The second-order valence-corrected chi connectivity index (χ2v) is 16.0. The summed E-state index contributed by atoms with van der Waals surface area (Å²) in [5.74, 6) is 2.49. The molecule has 256 valence electrons.